The van der Waals surface area contributed by atoms with E-state index in [9.17, 15) is 4.79 Å². The zero-order valence-electron chi connectivity index (χ0n) is 9.80. The van der Waals surface area contributed by atoms with Crippen LogP contribution in [-0.4, -0.2) is 17.7 Å². The molecular formula is C12H16Br2N2O. The van der Waals surface area contributed by atoms with Gasteiger partial charge in [0.1, 0.15) is 0 Å². The first-order valence-corrected chi connectivity index (χ1v) is 7.06. The normalized spacial score (nSPS) is 10.5. The number of hydrogen-bond acceptors (Lipinski definition) is 2. The molecule has 0 aliphatic carbocycles. The molecule has 0 bridgehead atoms. The van der Waals surface area contributed by atoms with Crippen LogP contribution in [0.5, 0.6) is 0 Å². The van der Waals surface area contributed by atoms with Crippen LogP contribution in [0, 0.1) is 0 Å². The molecule has 0 radical (unpaired) electrons. The molecular weight excluding hydrogens is 348 g/mol. The van der Waals surface area contributed by atoms with Gasteiger partial charge in [0.05, 0.1) is 4.47 Å². The van der Waals surface area contributed by atoms with Gasteiger partial charge in [0.15, 0.2) is 0 Å². The first-order valence-electron chi connectivity index (χ1n) is 5.47. The Labute approximate surface area is 118 Å². The molecule has 0 saturated carbocycles. The second-order valence-electron chi connectivity index (χ2n) is 3.87. The highest BCUT2D eigenvalue weighted by Crippen LogP contribution is 2.13. The molecule has 0 amide bonds. The fourth-order valence-electron chi connectivity index (χ4n) is 1.42. The van der Waals surface area contributed by atoms with Crippen LogP contribution >= 0.6 is 31.9 Å². The van der Waals surface area contributed by atoms with Crippen molar-refractivity contribution < 1.29 is 0 Å². The molecule has 1 aromatic rings. The standard InChI is InChI=1S/C12H16Br2N2O/c1-3-4-15-6-9(2)7-16-8-10(13)5-11(14)12(16)17/h5,8,15H,2-4,6-7H2,1H3. The Morgan fingerprint density at radius 3 is 2.88 bits per heavy atom. The zero-order chi connectivity index (χ0) is 12.8. The highest BCUT2D eigenvalue weighted by molar-refractivity contribution is 9.11. The number of nitrogens with one attached hydrogen (secondary N) is 1. The Bertz CT molecular complexity index is 454. The Morgan fingerprint density at radius 2 is 2.24 bits per heavy atom. The quantitative estimate of drug-likeness (QED) is 0.622. The van der Waals surface area contributed by atoms with Gasteiger partial charge in [-0.2, -0.15) is 0 Å². The van der Waals surface area contributed by atoms with E-state index in [1.54, 1.807) is 16.8 Å². The van der Waals surface area contributed by atoms with E-state index in [2.05, 4.69) is 50.7 Å². The smallest absolute Gasteiger partial charge is 0.265 e. The summed E-state index contributed by atoms with van der Waals surface area (Å²) in [5.74, 6) is 0. The lowest BCUT2D eigenvalue weighted by atomic mass is 10.3. The lowest BCUT2D eigenvalue weighted by Crippen LogP contribution is -2.25. The Kier molecular flexibility index (Phi) is 6.16. The largest absolute Gasteiger partial charge is 0.313 e. The monoisotopic (exact) mass is 362 g/mol. The van der Waals surface area contributed by atoms with Gasteiger partial charge in [-0.15, -0.1) is 0 Å². The van der Waals surface area contributed by atoms with Crippen LogP contribution in [0.25, 0.3) is 0 Å². The van der Waals surface area contributed by atoms with Gasteiger partial charge in [-0.3, -0.25) is 4.79 Å². The molecule has 0 atom stereocenters. The number of aromatic nitrogens is 1. The van der Waals surface area contributed by atoms with Crippen molar-refractivity contribution in [1.29, 1.82) is 0 Å². The van der Waals surface area contributed by atoms with Crippen molar-refractivity contribution in [2.75, 3.05) is 13.1 Å². The van der Waals surface area contributed by atoms with Gasteiger partial charge >= 0.3 is 0 Å². The highest BCUT2D eigenvalue weighted by atomic mass is 79.9. The predicted octanol–water partition coefficient (Wildman–Crippen LogP) is 2.93. The van der Waals surface area contributed by atoms with Crippen molar-refractivity contribution in [1.82, 2.24) is 9.88 Å². The molecule has 0 unspecified atom stereocenters. The lowest BCUT2D eigenvalue weighted by molar-refractivity contribution is 0.662. The van der Waals surface area contributed by atoms with Gasteiger partial charge in [0, 0.05) is 23.8 Å². The van der Waals surface area contributed by atoms with Crippen LogP contribution in [0.15, 0.2) is 38.2 Å². The van der Waals surface area contributed by atoms with E-state index in [1.807, 2.05) is 0 Å². The third-order valence-corrected chi connectivity index (χ3v) is 3.21. The van der Waals surface area contributed by atoms with Crippen LogP contribution in [-0.2, 0) is 6.54 Å². The molecule has 1 heterocycles. The predicted molar refractivity (Wildman–Crippen MR) is 78.4 cm³/mol. The van der Waals surface area contributed by atoms with Gasteiger partial charge in [-0.25, -0.2) is 0 Å². The molecule has 1 rings (SSSR count). The van der Waals surface area contributed by atoms with E-state index in [0.717, 1.165) is 29.6 Å². The van der Waals surface area contributed by atoms with Crippen LogP contribution in [0.2, 0.25) is 0 Å². The van der Waals surface area contributed by atoms with E-state index >= 15 is 0 Å². The molecule has 0 saturated heterocycles. The molecule has 0 spiro atoms. The number of halogens is 2. The minimum absolute atomic E-state index is 0.0372. The highest BCUT2D eigenvalue weighted by Gasteiger charge is 2.04. The minimum atomic E-state index is -0.0372. The van der Waals surface area contributed by atoms with E-state index in [-0.39, 0.29) is 5.56 Å². The van der Waals surface area contributed by atoms with Gasteiger partial charge in [-0.05, 0) is 56.5 Å². The lowest BCUT2D eigenvalue weighted by Gasteiger charge is -2.10. The SMILES string of the molecule is C=C(CNCCC)Cn1cc(Br)cc(Br)c1=O. The molecule has 94 valence electrons. The molecule has 0 aromatic carbocycles. The average Bonchev–Trinajstić information content (AvgIpc) is 2.25. The molecule has 17 heavy (non-hydrogen) atoms. The summed E-state index contributed by atoms with van der Waals surface area (Å²) in [5, 5.41) is 3.27. The first-order chi connectivity index (χ1) is 8.04. The Morgan fingerprint density at radius 1 is 1.53 bits per heavy atom. The third kappa shape index (κ3) is 4.77. The van der Waals surface area contributed by atoms with Gasteiger partial charge < -0.3 is 9.88 Å². The summed E-state index contributed by atoms with van der Waals surface area (Å²) in [6, 6.07) is 1.75. The summed E-state index contributed by atoms with van der Waals surface area (Å²) < 4.78 is 3.07. The van der Waals surface area contributed by atoms with Crippen LogP contribution in [0.4, 0.5) is 0 Å². The van der Waals surface area contributed by atoms with E-state index < -0.39 is 0 Å². The summed E-state index contributed by atoms with van der Waals surface area (Å²) >= 11 is 6.61. The number of nitrogens with zero attached hydrogens (tertiary/aromatic N) is 1. The summed E-state index contributed by atoms with van der Waals surface area (Å²) in [6.45, 7) is 8.33. The molecule has 0 fully saturated rings. The molecule has 3 nitrogen and oxygen atoms in total. The summed E-state index contributed by atoms with van der Waals surface area (Å²) in [7, 11) is 0. The minimum Gasteiger partial charge on any atom is -0.313 e. The molecule has 1 aromatic heterocycles. The number of pyridine rings is 1. The molecule has 1 N–H and O–H groups in total. The fraction of sp³-hybridized carbons (Fsp3) is 0.417. The molecule has 5 heteroatoms. The van der Waals surface area contributed by atoms with Gasteiger partial charge in [0.2, 0.25) is 0 Å². The topological polar surface area (TPSA) is 34.0 Å². The maximum absolute atomic E-state index is 11.8. The van der Waals surface area contributed by atoms with E-state index in [4.69, 9.17) is 0 Å². The van der Waals surface area contributed by atoms with Crippen molar-refractivity contribution in [2.24, 2.45) is 0 Å². The molecule has 0 aliphatic rings. The maximum atomic E-state index is 11.8. The first kappa shape index (κ1) is 14.7. The second-order valence-corrected chi connectivity index (χ2v) is 5.64. The summed E-state index contributed by atoms with van der Waals surface area (Å²) in [6.07, 6.45) is 2.87. The van der Waals surface area contributed by atoms with Crippen molar-refractivity contribution in [3.05, 3.63) is 43.7 Å². The van der Waals surface area contributed by atoms with Crippen molar-refractivity contribution in [2.45, 2.75) is 19.9 Å². The number of hydrogen-bond donors (Lipinski definition) is 1. The van der Waals surface area contributed by atoms with Crippen molar-refractivity contribution in [3.63, 3.8) is 0 Å². The van der Waals surface area contributed by atoms with Gasteiger partial charge in [0.25, 0.3) is 5.56 Å². The van der Waals surface area contributed by atoms with Gasteiger partial charge in [-0.1, -0.05) is 13.5 Å². The second kappa shape index (κ2) is 7.13. The Balaban J connectivity index is 2.68. The average molecular weight is 364 g/mol. The van der Waals surface area contributed by atoms with Crippen LogP contribution in [0.1, 0.15) is 13.3 Å². The third-order valence-electron chi connectivity index (χ3n) is 2.20. The van der Waals surface area contributed by atoms with E-state index in [0.29, 0.717) is 11.0 Å². The summed E-state index contributed by atoms with van der Waals surface area (Å²) in [5.41, 5.74) is 0.954. The van der Waals surface area contributed by atoms with Crippen molar-refractivity contribution >= 4 is 31.9 Å². The van der Waals surface area contributed by atoms with Crippen LogP contribution < -0.4 is 10.9 Å². The fourth-order valence-corrected chi connectivity index (χ4v) is 2.68. The maximum Gasteiger partial charge on any atom is 0.265 e. The molecule has 0 aliphatic heterocycles. The zero-order valence-corrected chi connectivity index (χ0v) is 13.0. The number of rotatable bonds is 6. The van der Waals surface area contributed by atoms with E-state index in [1.165, 1.54) is 0 Å². The summed E-state index contributed by atoms with van der Waals surface area (Å²) in [4.78, 5) is 11.8. The van der Waals surface area contributed by atoms with Crippen LogP contribution in [0.3, 0.4) is 0 Å². The Hall–Kier alpha value is -0.390. The van der Waals surface area contributed by atoms with Crippen molar-refractivity contribution in [3.8, 4) is 0 Å².